The first-order valence-electron chi connectivity index (χ1n) is 23.6. The van der Waals surface area contributed by atoms with Crippen LogP contribution < -0.4 is 9.80 Å². The number of anilines is 3. The Morgan fingerprint density at radius 1 is 0.657 bits per heavy atom. The summed E-state index contributed by atoms with van der Waals surface area (Å²) >= 11 is 0. The van der Waals surface area contributed by atoms with Gasteiger partial charge in [0.05, 0.1) is 17.4 Å². The number of aryl methyl sites for hydroxylation is 2. The van der Waals surface area contributed by atoms with Crippen molar-refractivity contribution in [3.05, 3.63) is 210 Å². The second-order valence-electron chi connectivity index (χ2n) is 19.9. The normalized spacial score (nSPS) is 13.5. The predicted octanol–water partition coefficient (Wildman–Crippen LogP) is 18.7. The zero-order chi connectivity index (χ0) is 48.1. The van der Waals surface area contributed by atoms with Gasteiger partial charge in [-0.2, -0.15) is 0 Å². The molecule has 0 radical (unpaired) electrons. The van der Waals surface area contributed by atoms with E-state index < -0.39 is 0 Å². The van der Waals surface area contributed by atoms with Gasteiger partial charge >= 0.3 is 0 Å². The summed E-state index contributed by atoms with van der Waals surface area (Å²) in [6.45, 7) is 39.6. The average Bonchev–Trinajstić information content (AvgIpc) is 3.85. The molecule has 0 bridgehead atoms. The van der Waals surface area contributed by atoms with Crippen molar-refractivity contribution in [3.63, 3.8) is 0 Å². The van der Waals surface area contributed by atoms with E-state index in [4.69, 9.17) is 15.4 Å². The minimum atomic E-state index is -0.215. The Bertz CT molecular complexity index is 3350. The Kier molecular flexibility index (Phi) is 12.5. The van der Waals surface area contributed by atoms with Gasteiger partial charge in [-0.15, -0.1) is 0 Å². The van der Waals surface area contributed by atoms with Crippen molar-refractivity contribution in [1.82, 2.24) is 0 Å². The highest BCUT2D eigenvalue weighted by molar-refractivity contribution is 6.10. The Morgan fingerprint density at radius 3 is 1.87 bits per heavy atom. The first-order valence-corrected chi connectivity index (χ1v) is 23.6. The van der Waals surface area contributed by atoms with Crippen LogP contribution in [0.4, 0.5) is 17.1 Å². The van der Waals surface area contributed by atoms with Gasteiger partial charge in [0.25, 0.3) is 0 Å². The highest BCUT2D eigenvalue weighted by Crippen LogP contribution is 2.47. The third-order valence-corrected chi connectivity index (χ3v) is 13.5. The maximum Gasteiger partial charge on any atom is 0.159 e. The molecule has 8 rings (SSSR count). The number of hydrogen-bond donors (Lipinski definition) is 0. The molecule has 0 aliphatic heterocycles. The van der Waals surface area contributed by atoms with Crippen LogP contribution in [0.25, 0.3) is 55.0 Å². The fraction of sp³-hybridized carbons (Fsp3) is 0.238. The standard InChI is InChI=1S/C63H66N2O2/c1-16-25-39(5)42(8)64(56-33-24-29-50-49-28-23-31-53(63(13,14)15)60(49)67-61(50)56)43(9)48-37-35-45-34-36-46(38-51(45)57(48)44(17-2)18-3)65(55-32-21-20-26-40(55)6)54(19-4)58-41(7)47-27-22-30-52(59(47)66-58)62(10,11)12/h16-38,43H,1-2,8H2,3-7,9-15H3/b39-25-,44-18-,54-19+. The van der Waals surface area contributed by atoms with Crippen molar-refractivity contribution in [2.75, 3.05) is 9.80 Å². The first-order chi connectivity index (χ1) is 31.9. The predicted molar refractivity (Wildman–Crippen MR) is 291 cm³/mol. The van der Waals surface area contributed by atoms with E-state index in [-0.39, 0.29) is 16.9 Å². The molecule has 1 atom stereocenters. The summed E-state index contributed by atoms with van der Waals surface area (Å²) in [6, 6.07) is 39.2. The van der Waals surface area contributed by atoms with E-state index in [9.17, 15) is 0 Å². The highest BCUT2D eigenvalue weighted by Gasteiger charge is 2.30. The van der Waals surface area contributed by atoms with Crippen LogP contribution in [0, 0.1) is 13.8 Å². The molecule has 2 aromatic heterocycles. The summed E-state index contributed by atoms with van der Waals surface area (Å²) in [5.41, 5.74) is 16.3. The molecule has 0 amide bonds. The zero-order valence-electron chi connectivity index (χ0n) is 41.7. The van der Waals surface area contributed by atoms with E-state index in [2.05, 4.69) is 227 Å². The SMILES string of the molecule is C=C/C=C(/C)C(=C)N(c1cccc2c1oc1c(C(C)(C)C)cccc12)C(C)c1ccc2ccc(N(/C(=C/C)c3oc4c(C(C)(C)C)cccc4c3C)c3ccccc3C)cc2c1/C(C=C)=C\C. The molecule has 6 aromatic carbocycles. The van der Waals surface area contributed by atoms with Gasteiger partial charge in [0.1, 0.15) is 11.2 Å². The van der Waals surface area contributed by atoms with Crippen molar-refractivity contribution < 1.29 is 8.83 Å². The molecule has 340 valence electrons. The summed E-state index contributed by atoms with van der Waals surface area (Å²) in [5.74, 6) is 0.854. The average molecular weight is 883 g/mol. The smallest absolute Gasteiger partial charge is 0.159 e. The van der Waals surface area contributed by atoms with E-state index in [0.717, 1.165) is 111 Å². The fourth-order valence-corrected chi connectivity index (χ4v) is 9.94. The Labute approximate surface area is 398 Å². The second kappa shape index (κ2) is 18.0. The number of rotatable bonds is 12. The summed E-state index contributed by atoms with van der Waals surface area (Å²) < 4.78 is 14.1. The summed E-state index contributed by atoms with van der Waals surface area (Å²) in [7, 11) is 0. The van der Waals surface area contributed by atoms with Crippen LogP contribution in [-0.2, 0) is 10.8 Å². The first kappa shape index (κ1) is 46.5. The van der Waals surface area contributed by atoms with E-state index >= 15 is 0 Å². The molecule has 0 fully saturated rings. The maximum atomic E-state index is 7.04. The van der Waals surface area contributed by atoms with Gasteiger partial charge in [-0.25, -0.2) is 0 Å². The van der Waals surface area contributed by atoms with Crippen LogP contribution in [0.2, 0.25) is 0 Å². The number of hydrogen-bond acceptors (Lipinski definition) is 4. The van der Waals surface area contributed by atoms with Crippen LogP contribution >= 0.6 is 0 Å². The lowest BCUT2D eigenvalue weighted by atomic mass is 9.86. The molecule has 0 saturated heterocycles. The molecule has 1 unspecified atom stereocenters. The molecular formula is C63H66N2O2. The number of para-hydroxylation sites is 4. The van der Waals surface area contributed by atoms with Gasteiger partial charge in [-0.3, -0.25) is 0 Å². The molecule has 0 N–H and O–H groups in total. The molecule has 0 spiro atoms. The van der Waals surface area contributed by atoms with Crippen LogP contribution in [0.1, 0.15) is 114 Å². The van der Waals surface area contributed by atoms with Gasteiger partial charge < -0.3 is 18.6 Å². The summed E-state index contributed by atoms with van der Waals surface area (Å²) in [4.78, 5) is 4.71. The van der Waals surface area contributed by atoms with E-state index in [1.807, 2.05) is 18.2 Å². The Hall–Kier alpha value is -7.04. The molecule has 0 saturated carbocycles. The molecule has 0 aliphatic carbocycles. The maximum absolute atomic E-state index is 7.04. The van der Waals surface area contributed by atoms with Crippen molar-refractivity contribution >= 4 is 72.0 Å². The number of nitrogens with zero attached hydrogens (tertiary/aromatic N) is 2. The number of benzene rings is 6. The lowest BCUT2D eigenvalue weighted by Crippen LogP contribution is -2.27. The number of fused-ring (bicyclic) bond motifs is 5. The van der Waals surface area contributed by atoms with Crippen molar-refractivity contribution in [1.29, 1.82) is 0 Å². The lowest BCUT2D eigenvalue weighted by Gasteiger charge is -2.35. The second-order valence-corrected chi connectivity index (χ2v) is 19.9. The van der Waals surface area contributed by atoms with Gasteiger partial charge in [-0.05, 0) is 115 Å². The Balaban J connectivity index is 1.38. The van der Waals surface area contributed by atoms with Crippen LogP contribution in [0.3, 0.4) is 0 Å². The topological polar surface area (TPSA) is 32.8 Å². The minimum absolute atomic E-state index is 0.0942. The molecule has 0 aliphatic rings. The minimum Gasteiger partial charge on any atom is -0.454 e. The molecule has 4 nitrogen and oxygen atoms in total. The Morgan fingerprint density at radius 2 is 1.25 bits per heavy atom. The van der Waals surface area contributed by atoms with Crippen molar-refractivity contribution in [3.8, 4) is 0 Å². The van der Waals surface area contributed by atoms with E-state index in [1.165, 1.54) is 11.1 Å². The third kappa shape index (κ3) is 8.18. The molecule has 67 heavy (non-hydrogen) atoms. The number of allylic oxidation sites excluding steroid dienone is 7. The molecule has 4 heteroatoms. The number of furan rings is 2. The monoisotopic (exact) mass is 883 g/mol. The van der Waals surface area contributed by atoms with Gasteiger partial charge in [0.15, 0.2) is 11.3 Å². The highest BCUT2D eigenvalue weighted by atomic mass is 16.3. The van der Waals surface area contributed by atoms with Gasteiger partial charge in [-0.1, -0.05) is 177 Å². The fourth-order valence-electron chi connectivity index (χ4n) is 9.94. The van der Waals surface area contributed by atoms with Crippen LogP contribution in [0.15, 0.2) is 179 Å². The van der Waals surface area contributed by atoms with Crippen LogP contribution in [-0.4, -0.2) is 0 Å². The molecular weight excluding hydrogens is 817 g/mol. The largest absolute Gasteiger partial charge is 0.454 e. The quantitative estimate of drug-likeness (QED) is 0.114. The summed E-state index contributed by atoms with van der Waals surface area (Å²) in [6.07, 6.45) is 10.2. The van der Waals surface area contributed by atoms with Gasteiger partial charge in [0, 0.05) is 49.9 Å². The molecule has 8 aromatic rings. The molecule has 2 heterocycles. The van der Waals surface area contributed by atoms with E-state index in [0.29, 0.717) is 0 Å². The zero-order valence-corrected chi connectivity index (χ0v) is 41.7. The van der Waals surface area contributed by atoms with Crippen LogP contribution in [0.5, 0.6) is 0 Å². The lowest BCUT2D eigenvalue weighted by molar-refractivity contribution is 0.550. The summed E-state index contributed by atoms with van der Waals surface area (Å²) in [5, 5.41) is 5.55. The van der Waals surface area contributed by atoms with Gasteiger partial charge in [0.2, 0.25) is 0 Å². The van der Waals surface area contributed by atoms with Crippen molar-refractivity contribution in [2.24, 2.45) is 0 Å². The third-order valence-electron chi connectivity index (χ3n) is 13.5. The van der Waals surface area contributed by atoms with Crippen molar-refractivity contribution in [2.45, 2.75) is 100.0 Å². The van der Waals surface area contributed by atoms with E-state index in [1.54, 1.807) is 0 Å².